The Morgan fingerprint density at radius 2 is 1.86 bits per heavy atom. The summed E-state index contributed by atoms with van der Waals surface area (Å²) in [6, 6.07) is 7.82. The average molecular weight is 520 g/mol. The van der Waals surface area contributed by atoms with Crippen LogP contribution < -0.4 is 21.1 Å². The number of amides is 1. The van der Waals surface area contributed by atoms with Gasteiger partial charge in [0, 0.05) is 18.8 Å². The van der Waals surface area contributed by atoms with Gasteiger partial charge in [0.05, 0.1) is 36.4 Å². The number of aromatic nitrogens is 3. The molecule has 1 fully saturated rings. The van der Waals surface area contributed by atoms with Crippen LogP contribution in [0.15, 0.2) is 42.6 Å². The van der Waals surface area contributed by atoms with Gasteiger partial charge in [-0.2, -0.15) is 18.2 Å². The number of halogens is 4. The molecule has 1 aromatic carbocycles. The number of ether oxygens (including phenoxy) is 1. The van der Waals surface area contributed by atoms with E-state index < -0.39 is 23.5 Å². The smallest absolute Gasteiger partial charge is 0.378 e. The van der Waals surface area contributed by atoms with Crippen molar-refractivity contribution >= 4 is 29.0 Å². The lowest BCUT2D eigenvalue weighted by atomic mass is 10.1. The van der Waals surface area contributed by atoms with Crippen molar-refractivity contribution in [1.82, 2.24) is 20.4 Å². The highest BCUT2D eigenvalue weighted by Crippen LogP contribution is 2.32. The number of rotatable bonds is 7. The molecule has 196 valence electrons. The second kappa shape index (κ2) is 10.9. The first-order valence-electron chi connectivity index (χ1n) is 11.5. The highest BCUT2D eigenvalue weighted by molar-refractivity contribution is 5.93. The van der Waals surface area contributed by atoms with E-state index in [1.54, 1.807) is 11.0 Å². The molecule has 9 nitrogen and oxygen atoms in total. The normalized spacial score (nSPS) is 14.0. The van der Waals surface area contributed by atoms with E-state index in [1.807, 2.05) is 13.8 Å². The van der Waals surface area contributed by atoms with E-state index in [2.05, 4.69) is 31.1 Å². The summed E-state index contributed by atoms with van der Waals surface area (Å²) < 4.78 is 58.7. The number of alkyl halides is 3. The second-order valence-electron chi connectivity index (χ2n) is 8.53. The van der Waals surface area contributed by atoms with E-state index in [4.69, 9.17) is 4.74 Å². The predicted molar refractivity (Wildman–Crippen MR) is 129 cm³/mol. The minimum atomic E-state index is -4.47. The number of hydrogen-bond donors (Lipinski definition) is 3. The number of carbonyl (C=O) groups is 1. The van der Waals surface area contributed by atoms with Crippen molar-refractivity contribution in [3.8, 4) is 0 Å². The number of hydrogen-bond acceptors (Lipinski definition) is 8. The maximum absolute atomic E-state index is 14.2. The zero-order valence-corrected chi connectivity index (χ0v) is 20.1. The van der Waals surface area contributed by atoms with Crippen molar-refractivity contribution in [2.45, 2.75) is 25.9 Å². The summed E-state index contributed by atoms with van der Waals surface area (Å²) in [5.74, 6) is -1.26. The topological polar surface area (TPSA) is 104 Å². The number of pyridine rings is 1. The van der Waals surface area contributed by atoms with Crippen LogP contribution in [0.2, 0.25) is 0 Å². The van der Waals surface area contributed by atoms with Gasteiger partial charge in [-0.25, -0.2) is 14.4 Å². The van der Waals surface area contributed by atoms with Crippen LogP contribution in [-0.4, -0.2) is 47.2 Å². The number of hydrazine groups is 1. The summed E-state index contributed by atoms with van der Waals surface area (Å²) in [5.41, 5.74) is 5.47. The second-order valence-corrected chi connectivity index (χ2v) is 8.53. The Labute approximate surface area is 210 Å². The zero-order chi connectivity index (χ0) is 26.6. The molecular formula is C24H25F4N7O2. The first-order valence-corrected chi connectivity index (χ1v) is 11.5. The molecule has 1 aliphatic rings. The average Bonchev–Trinajstić information content (AvgIpc) is 2.88. The SMILES string of the molecule is CC(C)c1nc(C(=O)NNc2ncc(F)c(N3CCOCC3)n2)ccc1Nc1cccc(C(F)(F)F)c1. The molecule has 0 aliphatic carbocycles. The Bertz CT molecular complexity index is 1260. The fourth-order valence-corrected chi connectivity index (χ4v) is 3.67. The standard InChI is InChI=1S/C24H25F4N7O2/c1-14(2)20-18(30-16-5-3-4-15(12-16)24(26,27)28)6-7-19(31-20)22(36)33-34-23-29-13-17(25)21(32-23)35-8-10-37-11-9-35/h3-7,12-14,30H,8-11H2,1-2H3,(H,33,36)(H,29,32,34). The van der Waals surface area contributed by atoms with E-state index in [0.717, 1.165) is 18.3 Å². The van der Waals surface area contributed by atoms with Gasteiger partial charge in [-0.1, -0.05) is 19.9 Å². The molecule has 4 rings (SSSR count). The summed E-state index contributed by atoms with van der Waals surface area (Å²) >= 11 is 0. The number of nitrogens with one attached hydrogen (secondary N) is 3. The minimum Gasteiger partial charge on any atom is -0.378 e. The van der Waals surface area contributed by atoms with Gasteiger partial charge in [-0.3, -0.25) is 15.6 Å². The molecule has 0 spiro atoms. The van der Waals surface area contributed by atoms with Crippen LogP contribution in [0.25, 0.3) is 0 Å². The number of morpholine rings is 1. The molecule has 3 N–H and O–H groups in total. The van der Waals surface area contributed by atoms with Gasteiger partial charge in [0.25, 0.3) is 5.91 Å². The molecule has 2 aromatic heterocycles. The van der Waals surface area contributed by atoms with Gasteiger partial charge >= 0.3 is 6.18 Å². The maximum atomic E-state index is 14.2. The van der Waals surface area contributed by atoms with Gasteiger partial charge in [0.15, 0.2) is 11.6 Å². The first-order chi connectivity index (χ1) is 17.6. The summed E-state index contributed by atoms with van der Waals surface area (Å²) in [6.45, 7) is 5.54. The molecule has 0 atom stereocenters. The Morgan fingerprint density at radius 1 is 1.11 bits per heavy atom. The highest BCUT2D eigenvalue weighted by Gasteiger charge is 2.30. The van der Waals surface area contributed by atoms with Crippen LogP contribution in [0.3, 0.4) is 0 Å². The van der Waals surface area contributed by atoms with Crippen molar-refractivity contribution in [2.24, 2.45) is 0 Å². The molecule has 1 amide bonds. The molecular weight excluding hydrogens is 494 g/mol. The molecule has 0 unspecified atom stereocenters. The largest absolute Gasteiger partial charge is 0.416 e. The summed E-state index contributed by atoms with van der Waals surface area (Å²) in [5, 5.41) is 2.95. The lowest BCUT2D eigenvalue weighted by Crippen LogP contribution is -2.38. The minimum absolute atomic E-state index is 0.0110. The third kappa shape index (κ3) is 6.42. The fourth-order valence-electron chi connectivity index (χ4n) is 3.67. The van der Waals surface area contributed by atoms with Crippen molar-refractivity contribution in [3.63, 3.8) is 0 Å². The lowest BCUT2D eigenvalue weighted by Gasteiger charge is -2.28. The van der Waals surface area contributed by atoms with E-state index in [-0.39, 0.29) is 29.1 Å². The Balaban J connectivity index is 1.47. The monoisotopic (exact) mass is 519 g/mol. The van der Waals surface area contributed by atoms with E-state index >= 15 is 0 Å². The van der Waals surface area contributed by atoms with Crippen LogP contribution >= 0.6 is 0 Å². The molecule has 0 bridgehead atoms. The third-order valence-electron chi connectivity index (χ3n) is 5.50. The van der Waals surface area contributed by atoms with E-state index in [9.17, 15) is 22.4 Å². The summed E-state index contributed by atoms with van der Waals surface area (Å²) in [6.07, 6.45) is -3.46. The van der Waals surface area contributed by atoms with Crippen LogP contribution in [0, 0.1) is 5.82 Å². The molecule has 1 saturated heterocycles. The Morgan fingerprint density at radius 3 is 2.57 bits per heavy atom. The van der Waals surface area contributed by atoms with Crippen LogP contribution in [0.1, 0.15) is 41.5 Å². The lowest BCUT2D eigenvalue weighted by molar-refractivity contribution is -0.137. The van der Waals surface area contributed by atoms with Crippen molar-refractivity contribution in [2.75, 3.05) is 41.9 Å². The fraction of sp³-hybridized carbons (Fsp3) is 0.333. The van der Waals surface area contributed by atoms with Crippen molar-refractivity contribution in [1.29, 1.82) is 0 Å². The van der Waals surface area contributed by atoms with Gasteiger partial charge in [0.1, 0.15) is 5.69 Å². The number of benzene rings is 1. The predicted octanol–water partition coefficient (Wildman–Crippen LogP) is 4.49. The van der Waals surface area contributed by atoms with Crippen molar-refractivity contribution in [3.05, 3.63) is 65.4 Å². The zero-order valence-electron chi connectivity index (χ0n) is 20.1. The third-order valence-corrected chi connectivity index (χ3v) is 5.50. The molecule has 0 saturated carbocycles. The molecule has 37 heavy (non-hydrogen) atoms. The number of carbonyl (C=O) groups excluding carboxylic acids is 1. The molecule has 3 aromatic rings. The Kier molecular flexibility index (Phi) is 7.71. The highest BCUT2D eigenvalue weighted by atomic mass is 19.4. The first kappa shape index (κ1) is 26.1. The van der Waals surface area contributed by atoms with Gasteiger partial charge in [-0.15, -0.1) is 0 Å². The van der Waals surface area contributed by atoms with Crippen LogP contribution in [0.5, 0.6) is 0 Å². The molecule has 1 aliphatic heterocycles. The molecule has 0 radical (unpaired) electrons. The molecule has 3 heterocycles. The van der Waals surface area contributed by atoms with Gasteiger partial charge in [0.2, 0.25) is 5.95 Å². The number of anilines is 4. The van der Waals surface area contributed by atoms with E-state index in [0.29, 0.717) is 37.7 Å². The summed E-state index contributed by atoms with van der Waals surface area (Å²) in [7, 11) is 0. The number of nitrogens with zero attached hydrogens (tertiary/aromatic N) is 4. The molecule has 13 heteroatoms. The van der Waals surface area contributed by atoms with E-state index in [1.165, 1.54) is 18.2 Å². The summed E-state index contributed by atoms with van der Waals surface area (Å²) in [4.78, 5) is 26.8. The quantitative estimate of drug-likeness (QED) is 0.310. The maximum Gasteiger partial charge on any atom is 0.416 e. The van der Waals surface area contributed by atoms with Crippen molar-refractivity contribution < 1.29 is 27.1 Å². The van der Waals surface area contributed by atoms with Crippen LogP contribution in [0.4, 0.5) is 40.7 Å². The van der Waals surface area contributed by atoms with Gasteiger partial charge in [-0.05, 0) is 36.2 Å². The van der Waals surface area contributed by atoms with Crippen LogP contribution in [-0.2, 0) is 10.9 Å². The van der Waals surface area contributed by atoms with Gasteiger partial charge < -0.3 is 15.0 Å². The Hall–Kier alpha value is -4.00.